The first kappa shape index (κ1) is 21.7. The largest absolute Gasteiger partial charge is 0.507 e. The number of benzene rings is 2. The lowest BCUT2D eigenvalue weighted by Crippen LogP contribution is -2.36. The lowest BCUT2D eigenvalue weighted by atomic mass is 9.88. The van der Waals surface area contributed by atoms with E-state index in [9.17, 15) is 14.7 Å². The fraction of sp³-hybridized carbons (Fsp3) is 0.333. The summed E-state index contributed by atoms with van der Waals surface area (Å²) in [5, 5.41) is 10.1. The number of carbonyl (C=O) groups excluding carboxylic acids is 2. The Kier molecular flexibility index (Phi) is 7.38. The molecule has 1 aliphatic rings. The summed E-state index contributed by atoms with van der Waals surface area (Å²) in [5.74, 6) is -0.0181. The third-order valence-corrected chi connectivity index (χ3v) is 5.48. The molecule has 0 aliphatic carbocycles. The molecule has 0 unspecified atom stereocenters. The summed E-state index contributed by atoms with van der Waals surface area (Å²) >= 11 is 0. The van der Waals surface area contributed by atoms with E-state index in [0.29, 0.717) is 31.1 Å². The van der Waals surface area contributed by atoms with E-state index in [1.807, 2.05) is 17.0 Å². The second-order valence-electron chi connectivity index (χ2n) is 7.51. The van der Waals surface area contributed by atoms with Crippen molar-refractivity contribution in [1.29, 1.82) is 0 Å². The van der Waals surface area contributed by atoms with Crippen LogP contribution in [0.2, 0.25) is 0 Å². The topological polar surface area (TPSA) is 92.9 Å². The quantitative estimate of drug-likeness (QED) is 0.542. The van der Waals surface area contributed by atoms with E-state index < -0.39 is 0 Å². The fourth-order valence-corrected chi connectivity index (χ4v) is 3.78. The Hall–Kier alpha value is -2.96. The number of ether oxygens (including phenoxy) is 1. The highest BCUT2D eigenvalue weighted by molar-refractivity contribution is 6.00. The summed E-state index contributed by atoms with van der Waals surface area (Å²) in [4.78, 5) is 26.2. The predicted molar refractivity (Wildman–Crippen MR) is 116 cm³/mol. The molecule has 6 nitrogen and oxygen atoms in total. The summed E-state index contributed by atoms with van der Waals surface area (Å²) < 4.78 is 4.81. The van der Waals surface area contributed by atoms with E-state index in [-0.39, 0.29) is 29.6 Å². The molecule has 0 spiro atoms. The maximum atomic E-state index is 12.5. The van der Waals surface area contributed by atoms with Crippen LogP contribution >= 0.6 is 0 Å². The number of amides is 1. The van der Waals surface area contributed by atoms with Crippen molar-refractivity contribution in [2.24, 2.45) is 5.73 Å². The average Bonchev–Trinajstić information content (AvgIpc) is 2.77. The minimum Gasteiger partial charge on any atom is -0.507 e. The maximum absolute atomic E-state index is 12.5. The van der Waals surface area contributed by atoms with Crippen molar-refractivity contribution < 1.29 is 19.4 Å². The lowest BCUT2D eigenvalue weighted by molar-refractivity contribution is -0.126. The second kappa shape index (κ2) is 10.2. The van der Waals surface area contributed by atoms with Crippen LogP contribution in [-0.4, -0.2) is 48.5 Å². The van der Waals surface area contributed by atoms with Gasteiger partial charge in [-0.1, -0.05) is 30.3 Å². The number of phenols is 1. The van der Waals surface area contributed by atoms with Crippen molar-refractivity contribution in [1.82, 2.24) is 4.90 Å². The van der Waals surface area contributed by atoms with Crippen LogP contribution < -0.4 is 5.73 Å². The predicted octanol–water partition coefficient (Wildman–Crippen LogP) is 3.10. The van der Waals surface area contributed by atoms with Crippen molar-refractivity contribution >= 4 is 17.8 Å². The minimum absolute atomic E-state index is 0.0526. The number of rotatable bonds is 7. The van der Waals surface area contributed by atoms with E-state index in [1.165, 1.54) is 24.8 Å². The van der Waals surface area contributed by atoms with Crippen molar-refractivity contribution in [2.45, 2.75) is 25.3 Å². The van der Waals surface area contributed by atoms with E-state index >= 15 is 0 Å². The molecule has 30 heavy (non-hydrogen) atoms. The fourth-order valence-electron chi connectivity index (χ4n) is 3.78. The van der Waals surface area contributed by atoms with Crippen molar-refractivity contribution in [3.8, 4) is 5.75 Å². The number of hydrogen-bond acceptors (Lipinski definition) is 5. The highest BCUT2D eigenvalue weighted by Crippen LogP contribution is 2.29. The van der Waals surface area contributed by atoms with Crippen LogP contribution in [0.1, 0.15) is 45.8 Å². The van der Waals surface area contributed by atoms with Gasteiger partial charge >= 0.3 is 0 Å². The van der Waals surface area contributed by atoms with Gasteiger partial charge in [-0.3, -0.25) is 9.59 Å². The molecule has 2 aromatic rings. The first-order valence-electron chi connectivity index (χ1n) is 10.1. The van der Waals surface area contributed by atoms with Gasteiger partial charge < -0.3 is 20.5 Å². The standard InChI is InChI=1S/C24H28N2O4/c1-30-16-23(28)21-7-5-17(14-22(21)27)6-8-24(29)26-11-9-19(10-12-26)20-4-2-3-18(13-20)15-25/h2-8,13-14,19,27H,9-12,15-16,25H2,1H3/b8-6+. The molecule has 0 radical (unpaired) electrons. The van der Waals surface area contributed by atoms with Gasteiger partial charge in [0, 0.05) is 32.8 Å². The molecule has 0 aromatic heterocycles. The van der Waals surface area contributed by atoms with E-state index in [1.54, 1.807) is 18.2 Å². The summed E-state index contributed by atoms with van der Waals surface area (Å²) in [6.07, 6.45) is 5.01. The number of aromatic hydroxyl groups is 1. The normalized spacial score (nSPS) is 14.9. The van der Waals surface area contributed by atoms with Gasteiger partial charge in [-0.2, -0.15) is 0 Å². The van der Waals surface area contributed by atoms with Crippen LogP contribution in [0.15, 0.2) is 48.5 Å². The van der Waals surface area contributed by atoms with Gasteiger partial charge in [0.2, 0.25) is 5.91 Å². The van der Waals surface area contributed by atoms with E-state index in [2.05, 4.69) is 12.1 Å². The molecule has 0 saturated carbocycles. The Morgan fingerprint density at radius 1 is 1.20 bits per heavy atom. The third kappa shape index (κ3) is 5.34. The molecule has 6 heteroatoms. The molecule has 0 atom stereocenters. The first-order valence-corrected chi connectivity index (χ1v) is 10.1. The molecule has 1 saturated heterocycles. The Morgan fingerprint density at radius 3 is 2.63 bits per heavy atom. The zero-order valence-corrected chi connectivity index (χ0v) is 17.2. The van der Waals surface area contributed by atoms with Gasteiger partial charge in [0.1, 0.15) is 12.4 Å². The van der Waals surface area contributed by atoms with Crippen LogP contribution in [-0.2, 0) is 16.1 Å². The van der Waals surface area contributed by atoms with Gasteiger partial charge in [-0.05, 0) is 53.7 Å². The molecule has 1 fully saturated rings. The number of nitrogens with two attached hydrogens (primary N) is 1. The van der Waals surface area contributed by atoms with Crippen LogP contribution in [0.25, 0.3) is 6.08 Å². The molecule has 3 N–H and O–H groups in total. The Morgan fingerprint density at radius 2 is 1.97 bits per heavy atom. The molecule has 0 bridgehead atoms. The van der Waals surface area contributed by atoms with E-state index in [4.69, 9.17) is 10.5 Å². The number of ketones is 1. The number of likely N-dealkylation sites (tertiary alicyclic amines) is 1. The Balaban J connectivity index is 1.57. The molecule has 3 rings (SSSR count). The highest BCUT2D eigenvalue weighted by Gasteiger charge is 2.22. The zero-order chi connectivity index (χ0) is 21.5. The summed E-state index contributed by atoms with van der Waals surface area (Å²) in [7, 11) is 1.43. The molecular weight excluding hydrogens is 380 g/mol. The van der Waals surface area contributed by atoms with Crippen molar-refractivity contribution in [2.75, 3.05) is 26.8 Å². The number of piperidine rings is 1. The lowest BCUT2D eigenvalue weighted by Gasteiger charge is -2.31. The summed E-state index contributed by atoms with van der Waals surface area (Å²) in [6, 6.07) is 13.1. The number of hydrogen-bond donors (Lipinski definition) is 2. The van der Waals surface area contributed by atoms with E-state index in [0.717, 1.165) is 18.4 Å². The first-order chi connectivity index (χ1) is 14.5. The minimum atomic E-state index is -0.290. The highest BCUT2D eigenvalue weighted by atomic mass is 16.5. The van der Waals surface area contributed by atoms with Gasteiger partial charge in [-0.25, -0.2) is 0 Å². The molecule has 1 heterocycles. The molecule has 1 amide bonds. The number of nitrogens with zero attached hydrogens (tertiary/aromatic N) is 1. The van der Waals surface area contributed by atoms with Gasteiger partial charge in [0.05, 0.1) is 5.56 Å². The number of methoxy groups -OCH3 is 1. The number of phenolic OH excluding ortho intramolecular Hbond substituents is 1. The summed E-state index contributed by atoms with van der Waals surface area (Å²) in [6.45, 7) is 1.85. The second-order valence-corrected chi connectivity index (χ2v) is 7.51. The van der Waals surface area contributed by atoms with Gasteiger partial charge in [0.25, 0.3) is 0 Å². The molecule has 2 aromatic carbocycles. The smallest absolute Gasteiger partial charge is 0.246 e. The Labute approximate surface area is 177 Å². The van der Waals surface area contributed by atoms with Crippen LogP contribution in [0.4, 0.5) is 0 Å². The van der Waals surface area contributed by atoms with Crippen molar-refractivity contribution in [3.63, 3.8) is 0 Å². The van der Waals surface area contributed by atoms with Gasteiger partial charge in [-0.15, -0.1) is 0 Å². The van der Waals surface area contributed by atoms with Gasteiger partial charge in [0.15, 0.2) is 5.78 Å². The molecular formula is C24H28N2O4. The van der Waals surface area contributed by atoms with Crippen LogP contribution in [0, 0.1) is 0 Å². The van der Waals surface area contributed by atoms with Crippen molar-refractivity contribution in [3.05, 3.63) is 70.8 Å². The SMILES string of the molecule is COCC(=O)c1ccc(/C=C/C(=O)N2CCC(c3cccc(CN)c3)CC2)cc1O. The van der Waals surface area contributed by atoms with Crippen LogP contribution in [0.3, 0.4) is 0 Å². The van der Waals surface area contributed by atoms with Crippen LogP contribution in [0.5, 0.6) is 5.75 Å². The monoisotopic (exact) mass is 408 g/mol. The number of carbonyl (C=O) groups is 2. The average molecular weight is 408 g/mol. The molecule has 1 aliphatic heterocycles. The zero-order valence-electron chi connectivity index (χ0n) is 17.2. The molecule has 158 valence electrons. The number of Topliss-reactive ketones (excluding diaryl/α,β-unsaturated/α-hetero) is 1. The third-order valence-electron chi connectivity index (χ3n) is 5.48. The Bertz CT molecular complexity index is 931. The maximum Gasteiger partial charge on any atom is 0.246 e. The summed E-state index contributed by atoms with van der Waals surface area (Å²) in [5.41, 5.74) is 9.03.